The van der Waals surface area contributed by atoms with E-state index in [1.807, 2.05) is 0 Å². The molecule has 0 radical (unpaired) electrons. The van der Waals surface area contributed by atoms with Crippen LogP contribution in [0.5, 0.6) is 5.75 Å². The Hall–Kier alpha value is -2.45. The zero-order valence-electron chi connectivity index (χ0n) is 14.7. The van der Waals surface area contributed by atoms with Gasteiger partial charge in [-0.3, -0.25) is 4.90 Å². The number of aliphatic imine (C=N–C) groups is 2. The number of rotatable bonds is 2. The standard InChI is InChI=1S/C17H22F3N5O/c1-10-8-11(9-12(13(10)26-2)17(18,19)20)25-15(22)23-14(21)24-16(25)6-4-3-5-7-16/h8-9H,3-7H2,1-2H3,(H4,21,22,23,24). The molecule has 6 nitrogen and oxygen atoms in total. The molecule has 0 aromatic heterocycles. The van der Waals surface area contributed by atoms with Crippen LogP contribution in [0.3, 0.4) is 0 Å². The van der Waals surface area contributed by atoms with Gasteiger partial charge < -0.3 is 16.2 Å². The molecule has 9 heteroatoms. The Morgan fingerprint density at radius 1 is 1.15 bits per heavy atom. The van der Waals surface area contributed by atoms with Crippen molar-refractivity contribution in [2.24, 2.45) is 21.5 Å². The van der Waals surface area contributed by atoms with Crippen LogP contribution in [0.25, 0.3) is 0 Å². The number of anilines is 1. The second kappa shape index (κ2) is 6.37. The van der Waals surface area contributed by atoms with Crippen molar-refractivity contribution in [3.05, 3.63) is 23.3 Å². The minimum absolute atomic E-state index is 0.0529. The Balaban J connectivity index is 2.17. The molecule has 0 amide bonds. The molecule has 1 aliphatic carbocycles. The summed E-state index contributed by atoms with van der Waals surface area (Å²) in [6, 6.07) is 2.66. The summed E-state index contributed by atoms with van der Waals surface area (Å²) in [6.45, 7) is 1.57. The molecule has 1 aromatic carbocycles. The second-order valence-electron chi connectivity index (χ2n) is 6.66. The number of nitrogens with two attached hydrogens (primary N) is 2. The second-order valence-corrected chi connectivity index (χ2v) is 6.66. The maximum Gasteiger partial charge on any atom is 0.420 e. The minimum Gasteiger partial charge on any atom is -0.496 e. The molecule has 3 rings (SSSR count). The first-order valence-corrected chi connectivity index (χ1v) is 8.43. The molecule has 1 heterocycles. The molecular formula is C17H22F3N5O. The van der Waals surface area contributed by atoms with Crippen LogP contribution in [-0.4, -0.2) is 24.7 Å². The van der Waals surface area contributed by atoms with Crippen molar-refractivity contribution in [3.63, 3.8) is 0 Å². The first-order valence-electron chi connectivity index (χ1n) is 8.43. The van der Waals surface area contributed by atoms with Gasteiger partial charge >= 0.3 is 6.18 Å². The molecule has 142 valence electrons. The number of alkyl halides is 3. The van der Waals surface area contributed by atoms with Crippen LogP contribution < -0.4 is 21.1 Å². The maximum atomic E-state index is 13.5. The number of methoxy groups -OCH3 is 1. The van der Waals surface area contributed by atoms with Gasteiger partial charge in [-0.15, -0.1) is 0 Å². The van der Waals surface area contributed by atoms with E-state index < -0.39 is 17.4 Å². The first-order chi connectivity index (χ1) is 12.2. The van der Waals surface area contributed by atoms with Crippen molar-refractivity contribution < 1.29 is 17.9 Å². The van der Waals surface area contributed by atoms with E-state index in [-0.39, 0.29) is 23.4 Å². The van der Waals surface area contributed by atoms with Crippen molar-refractivity contribution in [2.45, 2.75) is 50.9 Å². The molecule has 0 unspecified atom stereocenters. The highest BCUT2D eigenvalue weighted by Gasteiger charge is 2.44. The van der Waals surface area contributed by atoms with E-state index in [9.17, 15) is 13.2 Å². The summed E-state index contributed by atoms with van der Waals surface area (Å²) in [4.78, 5) is 10.1. The zero-order valence-corrected chi connectivity index (χ0v) is 14.7. The lowest BCUT2D eigenvalue weighted by Crippen LogP contribution is -2.58. The van der Waals surface area contributed by atoms with Gasteiger partial charge in [0.05, 0.1) is 12.7 Å². The van der Waals surface area contributed by atoms with Gasteiger partial charge in [-0.05, 0) is 50.3 Å². The number of ether oxygens (including phenoxy) is 1. The summed E-state index contributed by atoms with van der Waals surface area (Å²) >= 11 is 0. The van der Waals surface area contributed by atoms with E-state index in [2.05, 4.69) is 9.98 Å². The fourth-order valence-corrected chi connectivity index (χ4v) is 3.86. The maximum absolute atomic E-state index is 13.5. The van der Waals surface area contributed by atoms with Crippen molar-refractivity contribution >= 4 is 17.6 Å². The number of aryl methyl sites for hydroxylation is 1. The SMILES string of the molecule is COc1c(C)cc(N2C(N)=NC(N)=NC23CCCCC3)cc1C(F)(F)F. The van der Waals surface area contributed by atoms with Gasteiger partial charge in [-0.1, -0.05) is 6.42 Å². The lowest BCUT2D eigenvalue weighted by Gasteiger charge is -2.45. The van der Waals surface area contributed by atoms with Gasteiger partial charge in [-0.2, -0.15) is 18.2 Å². The van der Waals surface area contributed by atoms with Gasteiger partial charge in [0, 0.05) is 5.69 Å². The van der Waals surface area contributed by atoms with Crippen molar-refractivity contribution in [3.8, 4) is 5.75 Å². The first kappa shape index (κ1) is 18.3. The number of hydrogen-bond donors (Lipinski definition) is 2. The Morgan fingerprint density at radius 3 is 2.38 bits per heavy atom. The van der Waals surface area contributed by atoms with E-state index in [1.54, 1.807) is 17.9 Å². The summed E-state index contributed by atoms with van der Waals surface area (Å²) in [5.41, 5.74) is 10.9. The molecule has 1 saturated carbocycles. The molecule has 2 aliphatic rings. The Kier molecular flexibility index (Phi) is 4.49. The van der Waals surface area contributed by atoms with Crippen molar-refractivity contribution in [2.75, 3.05) is 12.0 Å². The van der Waals surface area contributed by atoms with Crippen LogP contribution >= 0.6 is 0 Å². The third kappa shape index (κ3) is 3.06. The Labute approximate surface area is 149 Å². The quantitative estimate of drug-likeness (QED) is 0.838. The smallest absolute Gasteiger partial charge is 0.420 e. The summed E-state index contributed by atoms with van der Waals surface area (Å²) < 4.78 is 45.6. The van der Waals surface area contributed by atoms with Gasteiger partial charge in [0.25, 0.3) is 0 Å². The highest BCUT2D eigenvalue weighted by Crippen LogP contribution is 2.44. The average Bonchev–Trinajstić information content (AvgIpc) is 2.53. The normalized spacial score (nSPS) is 20.0. The monoisotopic (exact) mass is 369 g/mol. The average molecular weight is 369 g/mol. The molecular weight excluding hydrogens is 347 g/mol. The molecule has 1 aliphatic heterocycles. The van der Waals surface area contributed by atoms with Crippen molar-refractivity contribution in [1.82, 2.24) is 0 Å². The van der Waals surface area contributed by atoms with Crippen LogP contribution in [0.1, 0.15) is 43.2 Å². The van der Waals surface area contributed by atoms with Crippen LogP contribution in [0, 0.1) is 6.92 Å². The van der Waals surface area contributed by atoms with E-state index in [0.717, 1.165) is 25.3 Å². The van der Waals surface area contributed by atoms with Crippen LogP contribution in [0.15, 0.2) is 22.1 Å². The predicted octanol–water partition coefficient (Wildman–Crippen LogP) is 3.13. The zero-order chi connectivity index (χ0) is 19.1. The molecule has 26 heavy (non-hydrogen) atoms. The third-order valence-corrected chi connectivity index (χ3v) is 4.88. The number of halogens is 3. The Morgan fingerprint density at radius 2 is 1.81 bits per heavy atom. The summed E-state index contributed by atoms with van der Waals surface area (Å²) in [6.07, 6.45) is -0.441. The van der Waals surface area contributed by atoms with Gasteiger partial charge in [0.1, 0.15) is 11.4 Å². The summed E-state index contributed by atoms with van der Waals surface area (Å²) in [5.74, 6) is -0.0894. The number of hydrogen-bond acceptors (Lipinski definition) is 6. The lowest BCUT2D eigenvalue weighted by atomic mass is 9.87. The number of guanidine groups is 2. The molecule has 0 bridgehead atoms. The largest absolute Gasteiger partial charge is 0.496 e. The van der Waals surface area contributed by atoms with E-state index in [0.29, 0.717) is 18.4 Å². The highest BCUT2D eigenvalue weighted by molar-refractivity contribution is 6.05. The fourth-order valence-electron chi connectivity index (χ4n) is 3.86. The fraction of sp³-hybridized carbons (Fsp3) is 0.529. The molecule has 1 aromatic rings. The molecule has 0 saturated heterocycles. The number of benzene rings is 1. The van der Waals surface area contributed by atoms with E-state index >= 15 is 0 Å². The topological polar surface area (TPSA) is 89.2 Å². The molecule has 1 spiro atoms. The van der Waals surface area contributed by atoms with E-state index in [4.69, 9.17) is 16.2 Å². The predicted molar refractivity (Wildman–Crippen MR) is 94.3 cm³/mol. The lowest BCUT2D eigenvalue weighted by molar-refractivity contribution is -0.138. The molecule has 4 N–H and O–H groups in total. The number of nitrogens with zero attached hydrogens (tertiary/aromatic N) is 3. The van der Waals surface area contributed by atoms with Crippen molar-refractivity contribution in [1.29, 1.82) is 0 Å². The Bertz CT molecular complexity index is 766. The molecule has 0 atom stereocenters. The minimum atomic E-state index is -4.56. The highest BCUT2D eigenvalue weighted by atomic mass is 19.4. The summed E-state index contributed by atoms with van der Waals surface area (Å²) in [7, 11) is 1.22. The van der Waals surface area contributed by atoms with E-state index in [1.165, 1.54) is 7.11 Å². The van der Waals surface area contributed by atoms with Gasteiger partial charge in [0.2, 0.25) is 11.9 Å². The summed E-state index contributed by atoms with van der Waals surface area (Å²) in [5, 5.41) is 0. The third-order valence-electron chi connectivity index (χ3n) is 4.88. The van der Waals surface area contributed by atoms with Gasteiger partial charge in [-0.25, -0.2) is 4.99 Å². The van der Waals surface area contributed by atoms with Crippen LogP contribution in [-0.2, 0) is 6.18 Å². The molecule has 1 fully saturated rings. The van der Waals surface area contributed by atoms with Crippen LogP contribution in [0.2, 0.25) is 0 Å². The van der Waals surface area contributed by atoms with Crippen LogP contribution in [0.4, 0.5) is 18.9 Å². The van der Waals surface area contributed by atoms with Gasteiger partial charge in [0.15, 0.2) is 0 Å².